The van der Waals surface area contributed by atoms with Gasteiger partial charge in [-0.25, -0.2) is 0 Å². The van der Waals surface area contributed by atoms with Crippen molar-refractivity contribution in [3.05, 3.63) is 60.7 Å². The van der Waals surface area contributed by atoms with Crippen molar-refractivity contribution in [1.82, 2.24) is 0 Å². The molecule has 0 aliphatic rings. The van der Waals surface area contributed by atoms with Crippen molar-refractivity contribution in [2.45, 2.75) is 13.8 Å². The van der Waals surface area contributed by atoms with Crippen LogP contribution < -0.4 is 7.74 Å². The van der Waals surface area contributed by atoms with Gasteiger partial charge in [-0.1, -0.05) is 0 Å². The second kappa shape index (κ2) is 7.02. The molecule has 0 bridgehead atoms. The van der Waals surface area contributed by atoms with Crippen molar-refractivity contribution < 1.29 is 24.0 Å². The summed E-state index contributed by atoms with van der Waals surface area (Å²) in [6.07, 6.45) is 0. The first-order chi connectivity index (χ1) is 9.33. The second-order valence-corrected chi connectivity index (χ2v) is 8.84. The molecule has 0 saturated carbocycles. The molecule has 3 heteroatoms. The van der Waals surface area contributed by atoms with Gasteiger partial charge in [0.15, 0.2) is 0 Å². The Morgan fingerprint density at radius 1 is 0.684 bits per heavy atom. The van der Waals surface area contributed by atoms with Gasteiger partial charge in [0, 0.05) is 0 Å². The summed E-state index contributed by atoms with van der Waals surface area (Å²) in [6, 6.07) is 20.8. The first-order valence-corrected chi connectivity index (χ1v) is 9.56. The summed E-state index contributed by atoms with van der Waals surface area (Å²) >= 11 is -3.15. The molecule has 2 aromatic carbocycles. The molecule has 0 N–H and O–H groups in total. The number of rotatable bonds is 6. The third-order valence-corrected chi connectivity index (χ3v) is 8.59. The van der Waals surface area contributed by atoms with Crippen molar-refractivity contribution in [3.8, 4) is 0 Å². The third kappa shape index (κ3) is 3.15. The molecule has 0 fully saturated rings. The Balaban J connectivity index is 2.54. The van der Waals surface area contributed by atoms with Crippen LogP contribution in [0.1, 0.15) is 13.8 Å². The fourth-order valence-electron chi connectivity index (χ4n) is 2.26. The van der Waals surface area contributed by atoms with E-state index in [1.54, 1.807) is 0 Å². The van der Waals surface area contributed by atoms with Crippen LogP contribution in [0.2, 0.25) is 0 Å². The molecule has 2 aromatic rings. The van der Waals surface area contributed by atoms with E-state index < -0.39 is 17.4 Å². The SMILES string of the molecule is CC[O][Ti]([O]CC)([c]1ccccc1)[c]1ccccc1. The summed E-state index contributed by atoms with van der Waals surface area (Å²) in [5, 5.41) is 0. The quantitative estimate of drug-likeness (QED) is 0.762. The van der Waals surface area contributed by atoms with Gasteiger partial charge in [0.2, 0.25) is 0 Å². The number of benzene rings is 2. The molecule has 2 nitrogen and oxygen atoms in total. The number of hydrogen-bond donors (Lipinski definition) is 0. The monoisotopic (exact) mass is 292 g/mol. The zero-order chi connectivity index (χ0) is 13.6. The molecular weight excluding hydrogens is 272 g/mol. The zero-order valence-electron chi connectivity index (χ0n) is 11.5. The minimum absolute atomic E-state index is 0.670. The second-order valence-electron chi connectivity index (χ2n) is 4.21. The molecule has 0 aliphatic carbocycles. The van der Waals surface area contributed by atoms with Gasteiger partial charge in [-0.3, -0.25) is 0 Å². The Kier molecular flexibility index (Phi) is 5.35. The standard InChI is InChI=1S/2C6H5.2C2H5O.Ti/c2*1-2-4-6-5-3-1;2*1-2-3;/h2*1-5H;2*2H2,1H3;/q;;2*-1;+2. The minimum atomic E-state index is -3.15. The van der Waals surface area contributed by atoms with Crippen LogP contribution in [0.3, 0.4) is 0 Å². The predicted octanol–water partition coefficient (Wildman–Crippen LogP) is 2.69. The summed E-state index contributed by atoms with van der Waals surface area (Å²) in [5.41, 5.74) is 0. The van der Waals surface area contributed by atoms with Crippen LogP contribution in [0, 0.1) is 0 Å². The van der Waals surface area contributed by atoms with Gasteiger partial charge in [0.05, 0.1) is 0 Å². The molecule has 2 rings (SSSR count). The van der Waals surface area contributed by atoms with E-state index in [0.29, 0.717) is 13.2 Å². The Morgan fingerprint density at radius 3 is 1.37 bits per heavy atom. The van der Waals surface area contributed by atoms with E-state index in [9.17, 15) is 0 Å². The van der Waals surface area contributed by atoms with E-state index in [1.165, 1.54) is 7.74 Å². The zero-order valence-corrected chi connectivity index (χ0v) is 13.1. The van der Waals surface area contributed by atoms with Crippen LogP contribution >= 0.6 is 0 Å². The Morgan fingerprint density at radius 2 is 1.05 bits per heavy atom. The molecule has 0 spiro atoms. The Bertz CT molecular complexity index is 437. The average Bonchev–Trinajstić information content (AvgIpc) is 2.49. The predicted molar refractivity (Wildman–Crippen MR) is 75.4 cm³/mol. The van der Waals surface area contributed by atoms with Gasteiger partial charge in [-0.05, 0) is 0 Å². The molecule has 0 aliphatic heterocycles. The molecule has 0 unspecified atom stereocenters. The summed E-state index contributed by atoms with van der Waals surface area (Å²) < 4.78 is 14.8. The Hall–Kier alpha value is -0.926. The molecule has 0 heterocycles. The van der Waals surface area contributed by atoms with Crippen molar-refractivity contribution in [2.75, 3.05) is 13.2 Å². The number of hydrogen-bond acceptors (Lipinski definition) is 2. The van der Waals surface area contributed by atoms with Gasteiger partial charge in [-0.15, -0.1) is 0 Å². The van der Waals surface area contributed by atoms with Crippen molar-refractivity contribution in [1.29, 1.82) is 0 Å². The van der Waals surface area contributed by atoms with Crippen LogP contribution in [0.5, 0.6) is 0 Å². The van der Waals surface area contributed by atoms with Crippen molar-refractivity contribution in [3.63, 3.8) is 0 Å². The summed E-state index contributed by atoms with van der Waals surface area (Å²) in [7, 11) is 0. The van der Waals surface area contributed by atoms with E-state index in [4.69, 9.17) is 6.64 Å². The van der Waals surface area contributed by atoms with Crippen molar-refractivity contribution >= 4 is 7.74 Å². The maximum absolute atomic E-state index is 6.21. The van der Waals surface area contributed by atoms with Crippen LogP contribution in [0.25, 0.3) is 0 Å². The Labute approximate surface area is 119 Å². The molecule has 0 aromatic heterocycles. The summed E-state index contributed by atoms with van der Waals surface area (Å²) in [6.45, 7) is 5.41. The molecule has 0 atom stereocenters. The van der Waals surface area contributed by atoms with Crippen LogP contribution in [0.4, 0.5) is 0 Å². The van der Waals surface area contributed by atoms with E-state index in [0.717, 1.165) is 0 Å². The maximum atomic E-state index is 6.21. The van der Waals surface area contributed by atoms with Crippen LogP contribution in [-0.4, -0.2) is 13.2 Å². The molecule has 0 saturated heterocycles. The van der Waals surface area contributed by atoms with Crippen LogP contribution in [-0.2, 0) is 24.0 Å². The van der Waals surface area contributed by atoms with E-state index in [2.05, 4.69) is 48.5 Å². The third-order valence-electron chi connectivity index (χ3n) is 3.00. The fourth-order valence-corrected chi connectivity index (χ4v) is 7.20. The summed E-state index contributed by atoms with van der Waals surface area (Å²) in [5.74, 6) is 0. The first-order valence-electron chi connectivity index (χ1n) is 6.72. The molecular formula is C16H20O2Ti. The molecule has 100 valence electrons. The van der Waals surface area contributed by atoms with Gasteiger partial charge in [0.1, 0.15) is 0 Å². The average molecular weight is 292 g/mol. The van der Waals surface area contributed by atoms with Gasteiger partial charge in [0.25, 0.3) is 0 Å². The topological polar surface area (TPSA) is 18.5 Å². The summed E-state index contributed by atoms with van der Waals surface area (Å²) in [4.78, 5) is 0. The van der Waals surface area contributed by atoms with E-state index in [-0.39, 0.29) is 0 Å². The normalized spacial score (nSPS) is 11.5. The first kappa shape index (κ1) is 14.5. The van der Waals surface area contributed by atoms with Gasteiger partial charge >= 0.3 is 119 Å². The van der Waals surface area contributed by atoms with Crippen molar-refractivity contribution in [2.24, 2.45) is 0 Å². The van der Waals surface area contributed by atoms with E-state index in [1.807, 2.05) is 26.0 Å². The van der Waals surface area contributed by atoms with Crippen LogP contribution in [0.15, 0.2) is 60.7 Å². The fraction of sp³-hybridized carbons (Fsp3) is 0.250. The molecule has 19 heavy (non-hydrogen) atoms. The van der Waals surface area contributed by atoms with E-state index >= 15 is 0 Å². The van der Waals surface area contributed by atoms with Gasteiger partial charge < -0.3 is 0 Å². The molecule has 0 amide bonds. The van der Waals surface area contributed by atoms with Gasteiger partial charge in [-0.2, -0.15) is 0 Å². The molecule has 0 radical (unpaired) electrons.